The molecule has 11 heavy (non-hydrogen) atoms. The van der Waals surface area contributed by atoms with E-state index < -0.39 is 0 Å². The lowest BCUT2D eigenvalue weighted by Gasteiger charge is -2.07. The molecule has 0 aliphatic carbocycles. The van der Waals surface area contributed by atoms with Gasteiger partial charge in [0.15, 0.2) is 0 Å². The van der Waals surface area contributed by atoms with Crippen molar-refractivity contribution in [2.24, 2.45) is 0 Å². The molecule has 62 valence electrons. The van der Waals surface area contributed by atoms with Gasteiger partial charge in [0.05, 0.1) is 0 Å². The second kappa shape index (κ2) is 3.37. The fourth-order valence-corrected chi connectivity index (χ4v) is 0.910. The Morgan fingerprint density at radius 2 is 2.55 bits per heavy atom. The molecule has 1 aliphatic heterocycles. The Balaban J connectivity index is 2.18. The molecule has 1 saturated heterocycles. The van der Waals surface area contributed by atoms with Gasteiger partial charge in [0.25, 0.3) is 0 Å². The third kappa shape index (κ3) is 2.57. The number of cyclic esters (lactones) is 1. The minimum atomic E-state index is -0.340. The molecule has 0 aromatic rings. The molecule has 0 saturated carbocycles. The van der Waals surface area contributed by atoms with E-state index in [1.165, 1.54) is 6.92 Å². The topological polar surface area (TPSA) is 52.6 Å². The van der Waals surface area contributed by atoms with E-state index in [1.807, 2.05) is 0 Å². The molecule has 0 aromatic heterocycles. The number of esters is 2. The van der Waals surface area contributed by atoms with Gasteiger partial charge >= 0.3 is 11.9 Å². The predicted octanol–water partition coefficient (Wildman–Crippen LogP) is 0.255. The van der Waals surface area contributed by atoms with Crippen molar-refractivity contribution in [2.75, 3.05) is 6.61 Å². The average molecular weight is 158 g/mol. The normalized spacial score (nSPS) is 23.0. The summed E-state index contributed by atoms with van der Waals surface area (Å²) in [6.07, 6.45) is 0.879. The van der Waals surface area contributed by atoms with Crippen molar-refractivity contribution in [1.29, 1.82) is 0 Å². The van der Waals surface area contributed by atoms with Gasteiger partial charge in [0.2, 0.25) is 0 Å². The average Bonchev–Trinajstić information content (AvgIpc) is 2.31. The van der Waals surface area contributed by atoms with Crippen LogP contribution in [0.1, 0.15) is 19.8 Å². The Morgan fingerprint density at radius 1 is 1.82 bits per heavy atom. The van der Waals surface area contributed by atoms with E-state index in [4.69, 9.17) is 4.74 Å². The minimum Gasteiger partial charge on any atom is -0.462 e. The standard InChI is InChI=1S/C7H10O4/c1-5(8)10-4-6-2-3-7(9)11-6/h6H,2-4H2,1H3. The molecule has 0 bridgehead atoms. The van der Waals surface area contributed by atoms with Gasteiger partial charge in [-0.1, -0.05) is 0 Å². The lowest BCUT2D eigenvalue weighted by atomic mass is 10.2. The zero-order valence-corrected chi connectivity index (χ0v) is 6.33. The van der Waals surface area contributed by atoms with Crippen LogP contribution in [0.2, 0.25) is 0 Å². The third-order valence-corrected chi connectivity index (χ3v) is 1.44. The maximum absolute atomic E-state index is 10.5. The van der Waals surface area contributed by atoms with Crippen molar-refractivity contribution in [2.45, 2.75) is 25.9 Å². The zero-order valence-electron chi connectivity index (χ0n) is 6.33. The molecule has 1 aliphatic rings. The highest BCUT2D eigenvalue weighted by Gasteiger charge is 2.23. The number of rotatable bonds is 2. The zero-order chi connectivity index (χ0) is 8.27. The SMILES string of the molecule is CC(=O)OCC1CCC(=O)O1. The van der Waals surface area contributed by atoms with Crippen LogP contribution in [0, 0.1) is 0 Å². The van der Waals surface area contributed by atoms with Crippen molar-refractivity contribution >= 4 is 11.9 Å². The van der Waals surface area contributed by atoms with Gasteiger partial charge in [0, 0.05) is 13.3 Å². The van der Waals surface area contributed by atoms with Gasteiger partial charge in [-0.2, -0.15) is 0 Å². The highest BCUT2D eigenvalue weighted by Crippen LogP contribution is 2.13. The van der Waals surface area contributed by atoms with Crippen molar-refractivity contribution in [3.05, 3.63) is 0 Å². The van der Waals surface area contributed by atoms with E-state index in [1.54, 1.807) is 0 Å². The van der Waals surface area contributed by atoms with Crippen LogP contribution in [0.5, 0.6) is 0 Å². The maximum Gasteiger partial charge on any atom is 0.306 e. The van der Waals surface area contributed by atoms with E-state index >= 15 is 0 Å². The summed E-state index contributed by atoms with van der Waals surface area (Å²) in [6.45, 7) is 1.53. The predicted molar refractivity (Wildman–Crippen MR) is 35.7 cm³/mol. The first-order valence-electron chi connectivity index (χ1n) is 3.51. The van der Waals surface area contributed by atoms with Gasteiger partial charge in [-0.05, 0) is 6.42 Å². The molecular weight excluding hydrogens is 148 g/mol. The van der Waals surface area contributed by atoms with Crippen molar-refractivity contribution in [1.82, 2.24) is 0 Å². The number of carbonyl (C=O) groups is 2. The van der Waals surface area contributed by atoms with Crippen molar-refractivity contribution in [3.63, 3.8) is 0 Å². The quantitative estimate of drug-likeness (QED) is 0.541. The van der Waals surface area contributed by atoms with Gasteiger partial charge < -0.3 is 9.47 Å². The molecule has 1 atom stereocenters. The Bertz CT molecular complexity index is 175. The van der Waals surface area contributed by atoms with E-state index in [9.17, 15) is 9.59 Å². The Morgan fingerprint density at radius 3 is 3.00 bits per heavy atom. The summed E-state index contributed by atoms with van der Waals surface area (Å²) in [6, 6.07) is 0. The monoisotopic (exact) mass is 158 g/mol. The van der Waals surface area contributed by atoms with Crippen LogP contribution in [0.3, 0.4) is 0 Å². The lowest BCUT2D eigenvalue weighted by molar-refractivity contribution is -0.151. The molecular formula is C7H10O4. The summed E-state index contributed by atoms with van der Waals surface area (Å²) in [7, 11) is 0. The van der Waals surface area contributed by atoms with Gasteiger partial charge in [-0.3, -0.25) is 9.59 Å². The van der Waals surface area contributed by atoms with Gasteiger partial charge in [0.1, 0.15) is 12.7 Å². The molecule has 1 unspecified atom stereocenters. The third-order valence-electron chi connectivity index (χ3n) is 1.44. The van der Waals surface area contributed by atoms with Crippen LogP contribution in [0.15, 0.2) is 0 Å². The Labute approximate surface area is 64.5 Å². The van der Waals surface area contributed by atoms with Gasteiger partial charge in [-0.15, -0.1) is 0 Å². The minimum absolute atomic E-state index is 0.196. The fourth-order valence-electron chi connectivity index (χ4n) is 0.910. The van der Waals surface area contributed by atoms with E-state index in [2.05, 4.69) is 4.74 Å². The van der Waals surface area contributed by atoms with E-state index in [0.29, 0.717) is 12.8 Å². The fraction of sp³-hybridized carbons (Fsp3) is 0.714. The molecule has 4 nitrogen and oxygen atoms in total. The summed E-state index contributed by atoms with van der Waals surface area (Å²) in [5.74, 6) is -0.546. The first kappa shape index (κ1) is 8.04. The summed E-state index contributed by atoms with van der Waals surface area (Å²) in [5, 5.41) is 0. The number of hydrogen-bond donors (Lipinski definition) is 0. The van der Waals surface area contributed by atoms with Crippen LogP contribution < -0.4 is 0 Å². The molecule has 1 fully saturated rings. The maximum atomic E-state index is 10.5. The Kier molecular flexibility index (Phi) is 2.46. The van der Waals surface area contributed by atoms with Gasteiger partial charge in [-0.25, -0.2) is 0 Å². The summed E-state index contributed by atoms with van der Waals surface area (Å²) < 4.78 is 9.45. The highest BCUT2D eigenvalue weighted by atomic mass is 16.6. The molecule has 4 heteroatoms. The molecule has 0 radical (unpaired) electrons. The van der Waals surface area contributed by atoms with Crippen LogP contribution >= 0.6 is 0 Å². The first-order chi connectivity index (χ1) is 5.18. The second-order valence-electron chi connectivity index (χ2n) is 2.45. The van der Waals surface area contributed by atoms with E-state index in [0.717, 1.165) is 0 Å². The summed E-state index contributed by atoms with van der Waals surface area (Å²) >= 11 is 0. The smallest absolute Gasteiger partial charge is 0.306 e. The van der Waals surface area contributed by atoms with Crippen LogP contribution in [-0.2, 0) is 19.1 Å². The molecule has 0 N–H and O–H groups in total. The molecule has 1 rings (SSSR count). The first-order valence-corrected chi connectivity index (χ1v) is 3.51. The van der Waals surface area contributed by atoms with Crippen LogP contribution in [-0.4, -0.2) is 24.6 Å². The molecule has 0 spiro atoms. The largest absolute Gasteiger partial charge is 0.462 e. The molecule has 1 heterocycles. The lowest BCUT2D eigenvalue weighted by Crippen LogP contribution is -2.16. The summed E-state index contributed by atoms with van der Waals surface area (Å²) in [4.78, 5) is 20.9. The van der Waals surface area contributed by atoms with Crippen molar-refractivity contribution in [3.8, 4) is 0 Å². The number of ether oxygens (including phenoxy) is 2. The molecule has 0 aromatic carbocycles. The van der Waals surface area contributed by atoms with E-state index in [-0.39, 0.29) is 24.6 Å². The number of carbonyl (C=O) groups excluding carboxylic acids is 2. The number of hydrogen-bond acceptors (Lipinski definition) is 4. The van der Waals surface area contributed by atoms with Crippen molar-refractivity contribution < 1.29 is 19.1 Å². The molecule has 0 amide bonds. The summed E-state index contributed by atoms with van der Waals surface area (Å²) in [5.41, 5.74) is 0. The Hall–Kier alpha value is -1.06. The van der Waals surface area contributed by atoms with Crippen LogP contribution in [0.25, 0.3) is 0 Å². The highest BCUT2D eigenvalue weighted by molar-refractivity contribution is 5.71. The van der Waals surface area contributed by atoms with Crippen LogP contribution in [0.4, 0.5) is 0 Å². The second-order valence-corrected chi connectivity index (χ2v) is 2.45.